The Morgan fingerprint density at radius 3 is 2.87 bits per heavy atom. The molecule has 1 atom stereocenters. The summed E-state index contributed by atoms with van der Waals surface area (Å²) in [5.41, 5.74) is 1.51. The van der Waals surface area contributed by atoms with E-state index in [-0.39, 0.29) is 11.0 Å². The highest BCUT2D eigenvalue weighted by Crippen LogP contribution is 2.45. The van der Waals surface area contributed by atoms with Gasteiger partial charge >= 0.3 is 5.63 Å². The van der Waals surface area contributed by atoms with Gasteiger partial charge in [-0.1, -0.05) is 45.4 Å². The van der Waals surface area contributed by atoms with E-state index < -0.39 is 11.5 Å². The number of rotatable bonds is 4. The number of anilines is 1. The number of carbonyl (C=O) groups is 1. The molecule has 0 radical (unpaired) electrons. The molecule has 30 heavy (non-hydrogen) atoms. The Labute approximate surface area is 179 Å². The molecule has 4 rings (SSSR count). The van der Waals surface area contributed by atoms with E-state index in [4.69, 9.17) is 4.42 Å². The minimum Gasteiger partial charge on any atom is -0.422 e. The lowest BCUT2D eigenvalue weighted by Gasteiger charge is -2.36. The number of benzene rings is 1. The molecule has 2 heterocycles. The lowest BCUT2D eigenvalue weighted by molar-refractivity contribution is 0.102. The molecule has 154 valence electrons. The van der Waals surface area contributed by atoms with Crippen LogP contribution < -0.4 is 10.9 Å². The maximum Gasteiger partial charge on any atom is 0.349 e. The molecule has 6 heteroatoms. The van der Waals surface area contributed by atoms with Gasteiger partial charge in [-0.3, -0.25) is 4.79 Å². The highest BCUT2D eigenvalue weighted by molar-refractivity contribution is 7.16. The first-order chi connectivity index (χ1) is 14.3. The number of hydrogen-bond donors (Lipinski definition) is 1. The highest BCUT2D eigenvalue weighted by Gasteiger charge is 2.34. The predicted molar refractivity (Wildman–Crippen MR) is 119 cm³/mol. The Hall–Kier alpha value is -2.91. The van der Waals surface area contributed by atoms with Gasteiger partial charge < -0.3 is 9.73 Å². The number of hydrogen-bond acceptors (Lipinski definition) is 5. The number of para-hydroxylation sites is 1. The molecule has 3 aromatic rings. The second-order valence-electron chi connectivity index (χ2n) is 8.54. The van der Waals surface area contributed by atoms with Crippen molar-refractivity contribution in [3.63, 3.8) is 0 Å². The molecule has 0 saturated heterocycles. The molecular weight excluding hydrogens is 396 g/mol. The number of nitriles is 1. The second kappa shape index (κ2) is 7.73. The normalized spacial score (nSPS) is 16.1. The van der Waals surface area contributed by atoms with E-state index in [0.717, 1.165) is 31.2 Å². The number of nitrogens with zero attached hydrogens (tertiary/aromatic N) is 1. The summed E-state index contributed by atoms with van der Waals surface area (Å²) < 4.78 is 5.28. The van der Waals surface area contributed by atoms with E-state index in [2.05, 4.69) is 32.2 Å². The van der Waals surface area contributed by atoms with Gasteiger partial charge in [-0.15, -0.1) is 11.3 Å². The van der Waals surface area contributed by atoms with Crippen LogP contribution in [0, 0.1) is 22.7 Å². The third kappa shape index (κ3) is 3.54. The first-order valence-corrected chi connectivity index (χ1v) is 11.0. The summed E-state index contributed by atoms with van der Waals surface area (Å²) in [6.07, 6.45) is 3.91. The number of amides is 1. The number of thiophene rings is 1. The topological polar surface area (TPSA) is 83.1 Å². The molecule has 0 fully saturated rings. The molecule has 1 N–H and O–H groups in total. The largest absolute Gasteiger partial charge is 0.422 e. The molecular formula is C24H24N2O3S. The fourth-order valence-electron chi connectivity index (χ4n) is 4.14. The lowest BCUT2D eigenvalue weighted by atomic mass is 9.69. The molecule has 1 aromatic carbocycles. The van der Waals surface area contributed by atoms with Gasteiger partial charge in [0.05, 0.1) is 5.56 Å². The zero-order chi connectivity index (χ0) is 21.5. The van der Waals surface area contributed by atoms with E-state index in [0.29, 0.717) is 27.5 Å². The van der Waals surface area contributed by atoms with Crippen LogP contribution in [0.15, 0.2) is 39.5 Å². The van der Waals surface area contributed by atoms with Gasteiger partial charge in [-0.25, -0.2) is 4.79 Å². The molecule has 0 bridgehead atoms. The molecule has 1 aliphatic rings. The van der Waals surface area contributed by atoms with Crippen LogP contribution in [0.1, 0.15) is 60.0 Å². The van der Waals surface area contributed by atoms with Crippen LogP contribution in [0.5, 0.6) is 0 Å². The Morgan fingerprint density at radius 2 is 2.13 bits per heavy atom. The van der Waals surface area contributed by atoms with Crippen molar-refractivity contribution in [2.24, 2.45) is 11.3 Å². The van der Waals surface area contributed by atoms with Gasteiger partial charge in [-0.05, 0) is 48.3 Å². The Balaban J connectivity index is 1.65. The van der Waals surface area contributed by atoms with Crippen LogP contribution in [-0.2, 0) is 12.8 Å². The van der Waals surface area contributed by atoms with Gasteiger partial charge in [0.25, 0.3) is 5.91 Å². The summed E-state index contributed by atoms with van der Waals surface area (Å²) in [7, 11) is 0. The van der Waals surface area contributed by atoms with Crippen LogP contribution in [0.2, 0.25) is 0 Å². The summed E-state index contributed by atoms with van der Waals surface area (Å²) in [4.78, 5) is 26.3. The quantitative estimate of drug-likeness (QED) is 0.563. The van der Waals surface area contributed by atoms with Crippen molar-refractivity contribution >= 4 is 33.2 Å². The maximum atomic E-state index is 12.9. The summed E-state index contributed by atoms with van der Waals surface area (Å²) in [5.74, 6) is 0.00585. The summed E-state index contributed by atoms with van der Waals surface area (Å²) in [6.45, 7) is 6.80. The Bertz CT molecular complexity index is 1230. The van der Waals surface area contributed by atoms with Crippen molar-refractivity contribution in [3.05, 3.63) is 62.3 Å². The molecule has 1 unspecified atom stereocenters. The monoisotopic (exact) mass is 420 g/mol. The zero-order valence-corrected chi connectivity index (χ0v) is 18.2. The molecule has 0 aliphatic heterocycles. The smallest absolute Gasteiger partial charge is 0.349 e. The summed E-state index contributed by atoms with van der Waals surface area (Å²) in [5, 5.41) is 13.7. The summed E-state index contributed by atoms with van der Waals surface area (Å²) in [6, 6.07) is 10.9. The fourth-order valence-corrected chi connectivity index (χ4v) is 5.41. The maximum absolute atomic E-state index is 12.9. The van der Waals surface area contributed by atoms with Crippen molar-refractivity contribution < 1.29 is 9.21 Å². The minimum absolute atomic E-state index is 0.0612. The van der Waals surface area contributed by atoms with Crippen LogP contribution in [0.4, 0.5) is 5.00 Å². The van der Waals surface area contributed by atoms with E-state index in [9.17, 15) is 14.9 Å². The molecule has 2 aromatic heterocycles. The average molecular weight is 421 g/mol. The van der Waals surface area contributed by atoms with Crippen LogP contribution in [0.25, 0.3) is 11.0 Å². The van der Waals surface area contributed by atoms with Gasteiger partial charge in [0.15, 0.2) is 0 Å². The molecule has 0 spiro atoms. The summed E-state index contributed by atoms with van der Waals surface area (Å²) >= 11 is 1.46. The van der Waals surface area contributed by atoms with Crippen molar-refractivity contribution in [1.82, 2.24) is 0 Å². The number of fused-ring (bicyclic) bond motifs is 2. The Kier molecular flexibility index (Phi) is 5.25. The average Bonchev–Trinajstić information content (AvgIpc) is 3.09. The van der Waals surface area contributed by atoms with Gasteiger partial charge in [0.2, 0.25) is 0 Å². The van der Waals surface area contributed by atoms with E-state index in [1.165, 1.54) is 22.3 Å². The van der Waals surface area contributed by atoms with Crippen LogP contribution in [0.3, 0.4) is 0 Å². The standard InChI is InChI=1S/C24H24N2O3S/c1-4-24(2,3)15-9-10-16-18(13-25)22(30-20(16)12-15)26-21(27)17-11-14-7-5-6-8-19(14)29-23(17)28/h5-8,11,15H,4,9-10,12H2,1-3H3,(H,26,27). The first-order valence-electron chi connectivity index (χ1n) is 10.2. The predicted octanol–water partition coefficient (Wildman–Crippen LogP) is 5.52. The first kappa shape index (κ1) is 20.4. The van der Waals surface area contributed by atoms with E-state index in [1.807, 2.05) is 6.07 Å². The van der Waals surface area contributed by atoms with Gasteiger partial charge in [0.1, 0.15) is 22.2 Å². The van der Waals surface area contributed by atoms with Crippen LogP contribution >= 0.6 is 11.3 Å². The fraction of sp³-hybridized carbons (Fsp3) is 0.375. The molecule has 5 nitrogen and oxygen atoms in total. The van der Waals surface area contributed by atoms with Crippen molar-refractivity contribution in [2.75, 3.05) is 5.32 Å². The minimum atomic E-state index is -0.684. The zero-order valence-electron chi connectivity index (χ0n) is 17.4. The third-order valence-electron chi connectivity index (χ3n) is 6.51. The van der Waals surface area contributed by atoms with E-state index in [1.54, 1.807) is 18.2 Å². The molecule has 1 aliphatic carbocycles. The number of carbonyl (C=O) groups excluding carboxylic acids is 1. The van der Waals surface area contributed by atoms with Crippen molar-refractivity contribution in [1.29, 1.82) is 5.26 Å². The van der Waals surface area contributed by atoms with Crippen LogP contribution in [-0.4, -0.2) is 5.91 Å². The van der Waals surface area contributed by atoms with Gasteiger partial charge in [0, 0.05) is 10.3 Å². The van der Waals surface area contributed by atoms with Crippen molar-refractivity contribution in [2.45, 2.75) is 46.5 Å². The molecule has 1 amide bonds. The molecule has 0 saturated carbocycles. The lowest BCUT2D eigenvalue weighted by Crippen LogP contribution is -2.28. The number of nitrogens with one attached hydrogen (secondary N) is 1. The second-order valence-corrected chi connectivity index (χ2v) is 9.65. The SMILES string of the molecule is CCC(C)(C)C1CCc2c(sc(NC(=O)c3cc4ccccc4oc3=O)c2C#N)C1. The van der Waals surface area contributed by atoms with Crippen molar-refractivity contribution in [3.8, 4) is 6.07 Å². The van der Waals surface area contributed by atoms with E-state index >= 15 is 0 Å². The highest BCUT2D eigenvalue weighted by atomic mass is 32.1. The van der Waals surface area contributed by atoms with Gasteiger partial charge in [-0.2, -0.15) is 5.26 Å². The Morgan fingerprint density at radius 1 is 1.37 bits per heavy atom. The third-order valence-corrected chi connectivity index (χ3v) is 7.68.